The molecule has 0 aliphatic carbocycles. The van der Waals surface area contributed by atoms with E-state index < -0.39 is 0 Å². The van der Waals surface area contributed by atoms with Crippen LogP contribution in [0.2, 0.25) is 0 Å². The largest absolute Gasteiger partial charge is 0.252 e. The quantitative estimate of drug-likeness (QED) is 0.405. The van der Waals surface area contributed by atoms with Gasteiger partial charge in [-0.1, -0.05) is 6.92 Å². The summed E-state index contributed by atoms with van der Waals surface area (Å²) in [4.78, 5) is 3.84. The van der Waals surface area contributed by atoms with Crippen LogP contribution in [-0.4, -0.2) is 11.4 Å². The zero-order valence-electron chi connectivity index (χ0n) is 3.85. The molecule has 0 aromatic heterocycles. The van der Waals surface area contributed by atoms with Crippen molar-refractivity contribution in [3.05, 3.63) is 6.92 Å². The third-order valence-electron chi connectivity index (χ3n) is 0.586. The molecule has 0 aliphatic rings. The van der Waals surface area contributed by atoms with Gasteiger partial charge in [0, 0.05) is 0 Å². The molecular weight excluding hydrogens is 80.0 g/mol. The molecule has 0 aromatic rings. The van der Waals surface area contributed by atoms with Crippen LogP contribution in [0.5, 0.6) is 0 Å². The van der Waals surface area contributed by atoms with E-state index in [1.54, 1.807) is 6.92 Å². The van der Waals surface area contributed by atoms with Crippen molar-refractivity contribution >= 4 is 0 Å². The Kier molecular flexibility index (Phi) is 3.08. The van der Waals surface area contributed by atoms with Crippen molar-refractivity contribution in [2.75, 3.05) is 0 Å². The van der Waals surface area contributed by atoms with Crippen molar-refractivity contribution in [3.63, 3.8) is 0 Å². The van der Waals surface area contributed by atoms with E-state index in [1.165, 1.54) is 0 Å². The summed E-state index contributed by atoms with van der Waals surface area (Å²) in [6, 6.07) is 0. The first kappa shape index (κ1) is 5.92. The molecular formula is C4H9O2. The Balaban J connectivity index is 2.75. The number of hydrogen-bond acceptors (Lipinski definition) is 2. The predicted octanol–water partition coefficient (Wildman–Crippen LogP) is 1.09. The molecule has 0 spiro atoms. The molecule has 0 aliphatic heterocycles. The SMILES string of the molecule is [CH2]CC(C)OO. The lowest BCUT2D eigenvalue weighted by Gasteiger charge is -1.98. The summed E-state index contributed by atoms with van der Waals surface area (Å²) in [5.41, 5.74) is 0. The highest BCUT2D eigenvalue weighted by atomic mass is 17.1. The molecule has 1 radical (unpaired) electrons. The van der Waals surface area contributed by atoms with E-state index in [4.69, 9.17) is 5.26 Å². The van der Waals surface area contributed by atoms with E-state index in [0.29, 0.717) is 6.42 Å². The van der Waals surface area contributed by atoms with Crippen molar-refractivity contribution in [2.45, 2.75) is 19.4 Å². The normalized spacial score (nSPS) is 14.5. The van der Waals surface area contributed by atoms with Gasteiger partial charge in [0.15, 0.2) is 0 Å². The lowest BCUT2D eigenvalue weighted by molar-refractivity contribution is -0.272. The van der Waals surface area contributed by atoms with Gasteiger partial charge in [-0.3, -0.25) is 5.26 Å². The highest BCUT2D eigenvalue weighted by Crippen LogP contribution is 1.89. The summed E-state index contributed by atoms with van der Waals surface area (Å²) in [6.45, 7) is 5.21. The molecule has 0 fully saturated rings. The van der Waals surface area contributed by atoms with Crippen molar-refractivity contribution < 1.29 is 10.1 Å². The second-order valence-corrected chi connectivity index (χ2v) is 1.20. The van der Waals surface area contributed by atoms with Crippen molar-refractivity contribution in [2.24, 2.45) is 0 Å². The molecule has 2 nitrogen and oxygen atoms in total. The van der Waals surface area contributed by atoms with Crippen LogP contribution >= 0.6 is 0 Å². The second kappa shape index (κ2) is 3.12. The van der Waals surface area contributed by atoms with Crippen LogP contribution in [0, 0.1) is 6.92 Å². The minimum Gasteiger partial charge on any atom is -0.252 e. The van der Waals surface area contributed by atoms with Crippen LogP contribution in [0.1, 0.15) is 13.3 Å². The van der Waals surface area contributed by atoms with Gasteiger partial charge in [-0.25, -0.2) is 4.89 Å². The second-order valence-electron chi connectivity index (χ2n) is 1.20. The molecule has 0 rings (SSSR count). The molecule has 0 bridgehead atoms. The average Bonchev–Trinajstić information content (AvgIpc) is 1.65. The monoisotopic (exact) mass is 89.1 g/mol. The van der Waals surface area contributed by atoms with Crippen LogP contribution in [-0.2, 0) is 4.89 Å². The van der Waals surface area contributed by atoms with Crippen molar-refractivity contribution in [1.29, 1.82) is 0 Å². The van der Waals surface area contributed by atoms with Gasteiger partial charge < -0.3 is 0 Å². The highest BCUT2D eigenvalue weighted by molar-refractivity contribution is 4.46. The smallest absolute Gasteiger partial charge is 0.0899 e. The molecule has 37 valence electrons. The maximum Gasteiger partial charge on any atom is 0.0899 e. The Morgan fingerprint density at radius 2 is 2.50 bits per heavy atom. The topological polar surface area (TPSA) is 29.5 Å². The van der Waals surface area contributed by atoms with E-state index in [1.807, 2.05) is 0 Å². The van der Waals surface area contributed by atoms with E-state index in [-0.39, 0.29) is 6.10 Å². The molecule has 0 saturated carbocycles. The molecule has 0 amide bonds. The highest BCUT2D eigenvalue weighted by Gasteiger charge is 1.91. The molecule has 1 atom stereocenters. The number of hydrogen-bond donors (Lipinski definition) is 1. The third kappa shape index (κ3) is 2.18. The summed E-state index contributed by atoms with van der Waals surface area (Å²) in [5, 5.41) is 7.79. The maximum atomic E-state index is 7.79. The number of rotatable bonds is 2. The van der Waals surface area contributed by atoms with E-state index in [2.05, 4.69) is 11.8 Å². The zero-order valence-corrected chi connectivity index (χ0v) is 3.85. The Labute approximate surface area is 37.7 Å². The minimum atomic E-state index is -0.120. The van der Waals surface area contributed by atoms with Gasteiger partial charge in [-0.05, 0) is 13.3 Å². The Bertz CT molecular complexity index is 24.7. The first-order valence-corrected chi connectivity index (χ1v) is 1.90. The Hall–Kier alpha value is -0.0800. The fraction of sp³-hybridized carbons (Fsp3) is 0.750. The lowest BCUT2D eigenvalue weighted by atomic mass is 10.3. The van der Waals surface area contributed by atoms with Crippen molar-refractivity contribution in [3.8, 4) is 0 Å². The lowest BCUT2D eigenvalue weighted by Crippen LogP contribution is -2.01. The van der Waals surface area contributed by atoms with Gasteiger partial charge in [-0.2, -0.15) is 0 Å². The molecule has 1 unspecified atom stereocenters. The fourth-order valence-corrected chi connectivity index (χ4v) is 0.0527. The summed E-state index contributed by atoms with van der Waals surface area (Å²) in [6.07, 6.45) is 0.487. The Morgan fingerprint density at radius 1 is 2.00 bits per heavy atom. The van der Waals surface area contributed by atoms with Crippen LogP contribution < -0.4 is 0 Å². The van der Waals surface area contributed by atoms with E-state index in [9.17, 15) is 0 Å². The summed E-state index contributed by atoms with van der Waals surface area (Å²) >= 11 is 0. The predicted molar refractivity (Wildman–Crippen MR) is 23.1 cm³/mol. The molecule has 2 heteroatoms. The van der Waals surface area contributed by atoms with Gasteiger partial charge in [0.1, 0.15) is 0 Å². The molecule has 0 aromatic carbocycles. The first-order chi connectivity index (χ1) is 2.81. The molecule has 0 heterocycles. The standard InChI is InChI=1S/C4H9O2/c1-3-4(2)6-5/h4-5H,1,3H2,2H3. The zero-order chi connectivity index (χ0) is 4.99. The van der Waals surface area contributed by atoms with Crippen LogP contribution in [0.3, 0.4) is 0 Å². The van der Waals surface area contributed by atoms with Crippen LogP contribution in [0.15, 0.2) is 0 Å². The van der Waals surface area contributed by atoms with Crippen LogP contribution in [0.4, 0.5) is 0 Å². The summed E-state index contributed by atoms with van der Waals surface area (Å²) in [5.74, 6) is 0. The van der Waals surface area contributed by atoms with Gasteiger partial charge >= 0.3 is 0 Å². The van der Waals surface area contributed by atoms with Crippen molar-refractivity contribution in [1.82, 2.24) is 0 Å². The van der Waals surface area contributed by atoms with Gasteiger partial charge in [0.05, 0.1) is 6.10 Å². The molecule has 1 N–H and O–H groups in total. The Morgan fingerprint density at radius 3 is 2.50 bits per heavy atom. The minimum absolute atomic E-state index is 0.120. The molecule has 6 heavy (non-hydrogen) atoms. The van der Waals surface area contributed by atoms with Crippen LogP contribution in [0.25, 0.3) is 0 Å². The summed E-state index contributed by atoms with van der Waals surface area (Å²) < 4.78 is 0. The molecule has 0 saturated heterocycles. The summed E-state index contributed by atoms with van der Waals surface area (Å²) in [7, 11) is 0. The third-order valence-corrected chi connectivity index (χ3v) is 0.586. The van der Waals surface area contributed by atoms with E-state index in [0.717, 1.165) is 0 Å². The van der Waals surface area contributed by atoms with Gasteiger partial charge in [0.2, 0.25) is 0 Å². The van der Waals surface area contributed by atoms with E-state index >= 15 is 0 Å². The van der Waals surface area contributed by atoms with Gasteiger partial charge in [0.25, 0.3) is 0 Å². The fourth-order valence-electron chi connectivity index (χ4n) is 0.0527. The maximum absolute atomic E-state index is 7.79. The average molecular weight is 89.1 g/mol. The van der Waals surface area contributed by atoms with Gasteiger partial charge in [-0.15, -0.1) is 0 Å². The first-order valence-electron chi connectivity index (χ1n) is 1.90.